The number of aromatic nitrogens is 1. The number of hydrogen-bond acceptors (Lipinski definition) is 1. The molecule has 3 aromatic rings. The van der Waals surface area contributed by atoms with E-state index in [2.05, 4.69) is 4.98 Å². The molecule has 1 nitrogen and oxygen atoms in total. The average molecular weight is 331 g/mol. The molecule has 0 saturated heterocycles. The van der Waals surface area contributed by atoms with Crippen molar-refractivity contribution in [3.05, 3.63) is 60.8 Å². The highest BCUT2D eigenvalue weighted by atomic mass is 32.5. The number of fused-ring (bicyclic) bond motifs is 1. The molecule has 2 aromatic carbocycles. The van der Waals surface area contributed by atoms with E-state index < -0.39 is 15.1 Å². The molecule has 0 fully saturated rings. The highest BCUT2D eigenvalue weighted by Gasteiger charge is 2.65. The predicted molar refractivity (Wildman–Crippen MR) is 78.6 cm³/mol. The van der Waals surface area contributed by atoms with Gasteiger partial charge in [-0.25, -0.2) is 0 Å². The van der Waals surface area contributed by atoms with Crippen molar-refractivity contribution in [3.63, 3.8) is 0 Å². The van der Waals surface area contributed by atoms with Crippen molar-refractivity contribution in [1.82, 2.24) is 4.98 Å². The summed E-state index contributed by atoms with van der Waals surface area (Å²) in [4.78, 5) is 2.03. The van der Waals surface area contributed by atoms with Crippen LogP contribution in [0.4, 0.5) is 19.4 Å². The van der Waals surface area contributed by atoms with Crippen molar-refractivity contribution in [2.24, 2.45) is 0 Å². The zero-order chi connectivity index (χ0) is 16.1. The fraction of sp³-hybridized carbons (Fsp3) is 0. The molecule has 7 heteroatoms. The van der Waals surface area contributed by atoms with E-state index in [1.54, 1.807) is 30.3 Å². The Labute approximate surface area is 123 Å². The second-order valence-corrected chi connectivity index (χ2v) is 7.28. The molecular weight excluding hydrogens is 321 g/mol. The summed E-state index contributed by atoms with van der Waals surface area (Å²) in [5, 5.41) is 0.0412. The molecule has 0 aliphatic carbocycles. The summed E-state index contributed by atoms with van der Waals surface area (Å²) >= 11 is 0. The van der Waals surface area contributed by atoms with Crippen LogP contribution < -0.4 is 0 Å². The van der Waals surface area contributed by atoms with E-state index in [0.717, 1.165) is 6.07 Å². The first-order chi connectivity index (χ1) is 10.0. The average Bonchev–Trinajstić information content (AvgIpc) is 2.44. The lowest BCUT2D eigenvalue weighted by atomic mass is 10.0. The third-order valence-corrected chi connectivity index (χ3v) is 4.39. The smallest absolute Gasteiger partial charge is 0.256 e. The molecule has 0 bridgehead atoms. The van der Waals surface area contributed by atoms with E-state index in [0.29, 0.717) is 23.3 Å². The van der Waals surface area contributed by atoms with Gasteiger partial charge in [-0.1, -0.05) is 49.8 Å². The lowest BCUT2D eigenvalue weighted by Gasteiger charge is -2.40. The van der Waals surface area contributed by atoms with Gasteiger partial charge in [-0.3, -0.25) is 4.98 Å². The molecule has 3 rings (SSSR count). The van der Waals surface area contributed by atoms with E-state index in [9.17, 15) is 19.4 Å². The molecule has 0 amide bonds. The summed E-state index contributed by atoms with van der Waals surface area (Å²) in [6.45, 7) is 0. The van der Waals surface area contributed by atoms with Gasteiger partial charge in [-0.15, -0.1) is 0 Å². The molecule has 0 aliphatic rings. The van der Waals surface area contributed by atoms with Gasteiger partial charge in [0.2, 0.25) is 0 Å². The molecule has 0 aliphatic heterocycles. The first kappa shape index (κ1) is 14.8. The first-order valence-corrected chi connectivity index (χ1v) is 8.18. The Kier molecular flexibility index (Phi) is 2.67. The molecule has 1 heterocycles. The third kappa shape index (κ3) is 2.76. The molecule has 22 heavy (non-hydrogen) atoms. The standard InChI is InChI=1S/C15H10F5NS/c16-22(17,18,19,20)12-6-7-15-14(10-12)13(8-9-21-15)11-4-2-1-3-5-11/h1-10H. The number of halogens is 5. The van der Waals surface area contributed by atoms with Gasteiger partial charge in [0.15, 0.2) is 0 Å². The number of rotatable bonds is 2. The summed E-state index contributed by atoms with van der Waals surface area (Å²) in [6, 6.07) is 11.9. The third-order valence-electron chi connectivity index (χ3n) is 3.24. The van der Waals surface area contributed by atoms with Crippen LogP contribution in [0.1, 0.15) is 0 Å². The van der Waals surface area contributed by atoms with Gasteiger partial charge in [0, 0.05) is 11.6 Å². The minimum atomic E-state index is -9.71. The minimum absolute atomic E-state index is 0.0412. The molecule has 0 spiro atoms. The van der Waals surface area contributed by atoms with Crippen molar-refractivity contribution in [2.45, 2.75) is 4.90 Å². The Morgan fingerprint density at radius 3 is 2.09 bits per heavy atom. The Hall–Kier alpha value is -2.15. The summed E-state index contributed by atoms with van der Waals surface area (Å²) in [6.07, 6.45) is 1.43. The van der Waals surface area contributed by atoms with Crippen LogP contribution in [-0.4, -0.2) is 4.98 Å². The van der Waals surface area contributed by atoms with E-state index >= 15 is 0 Å². The van der Waals surface area contributed by atoms with E-state index in [1.807, 2.05) is 0 Å². The van der Waals surface area contributed by atoms with Crippen LogP contribution in [0.3, 0.4) is 0 Å². The number of hydrogen-bond donors (Lipinski definition) is 0. The summed E-state index contributed by atoms with van der Waals surface area (Å²) < 4.78 is 64.9. The van der Waals surface area contributed by atoms with Crippen molar-refractivity contribution >= 4 is 21.1 Å². The molecule has 116 valence electrons. The van der Waals surface area contributed by atoms with Crippen LogP contribution in [0.25, 0.3) is 22.0 Å². The number of pyridine rings is 1. The summed E-state index contributed by atoms with van der Waals surface area (Å²) in [5.74, 6) is 0. The van der Waals surface area contributed by atoms with E-state index in [-0.39, 0.29) is 10.9 Å². The second-order valence-electron chi connectivity index (χ2n) is 4.87. The molecule has 0 radical (unpaired) electrons. The molecule has 0 unspecified atom stereocenters. The van der Waals surface area contributed by atoms with Crippen molar-refractivity contribution in [1.29, 1.82) is 0 Å². The normalized spacial score (nSPS) is 15.3. The van der Waals surface area contributed by atoms with Crippen molar-refractivity contribution < 1.29 is 19.4 Å². The zero-order valence-corrected chi connectivity index (χ0v) is 11.8. The van der Waals surface area contributed by atoms with Gasteiger partial charge in [0.1, 0.15) is 4.90 Å². The number of benzene rings is 2. The van der Waals surface area contributed by atoms with E-state index in [1.165, 1.54) is 12.3 Å². The van der Waals surface area contributed by atoms with Crippen LogP contribution >= 0.6 is 10.2 Å². The van der Waals surface area contributed by atoms with Crippen LogP contribution in [-0.2, 0) is 0 Å². The maximum Gasteiger partial charge on any atom is 0.310 e. The Balaban J connectivity index is 2.33. The van der Waals surface area contributed by atoms with Crippen LogP contribution in [0.15, 0.2) is 65.7 Å². The van der Waals surface area contributed by atoms with Crippen LogP contribution in [0.2, 0.25) is 0 Å². The molecule has 0 N–H and O–H groups in total. The van der Waals surface area contributed by atoms with Gasteiger partial charge in [0.25, 0.3) is 0 Å². The highest BCUT2D eigenvalue weighted by Crippen LogP contribution is 3.02. The molecular formula is C15H10F5NS. The minimum Gasteiger partial charge on any atom is -0.256 e. The lowest BCUT2D eigenvalue weighted by Crippen LogP contribution is -2.06. The fourth-order valence-corrected chi connectivity index (χ4v) is 2.90. The molecule has 0 saturated carbocycles. The largest absolute Gasteiger partial charge is 0.310 e. The monoisotopic (exact) mass is 331 g/mol. The topological polar surface area (TPSA) is 12.9 Å². The van der Waals surface area contributed by atoms with Crippen molar-refractivity contribution in [2.75, 3.05) is 0 Å². The molecule has 0 atom stereocenters. The zero-order valence-electron chi connectivity index (χ0n) is 11.0. The van der Waals surface area contributed by atoms with E-state index in [4.69, 9.17) is 0 Å². The number of nitrogens with zero attached hydrogens (tertiary/aromatic N) is 1. The maximum atomic E-state index is 13.0. The lowest BCUT2D eigenvalue weighted by molar-refractivity contribution is 0.364. The maximum absolute atomic E-state index is 13.0. The second kappa shape index (κ2) is 3.98. The fourth-order valence-electron chi connectivity index (χ4n) is 2.23. The Bertz CT molecular complexity index is 860. The van der Waals surface area contributed by atoms with Gasteiger partial charge >= 0.3 is 10.2 Å². The highest BCUT2D eigenvalue weighted by molar-refractivity contribution is 8.45. The van der Waals surface area contributed by atoms with Crippen LogP contribution in [0, 0.1) is 0 Å². The van der Waals surface area contributed by atoms with Gasteiger partial charge in [-0.2, -0.15) is 0 Å². The van der Waals surface area contributed by atoms with Gasteiger partial charge in [0.05, 0.1) is 5.52 Å². The predicted octanol–water partition coefficient (Wildman–Crippen LogP) is 6.56. The summed E-state index contributed by atoms with van der Waals surface area (Å²) in [5.41, 5.74) is 1.29. The van der Waals surface area contributed by atoms with Crippen LogP contribution in [0.5, 0.6) is 0 Å². The Morgan fingerprint density at radius 1 is 0.773 bits per heavy atom. The SMILES string of the molecule is FS(F)(F)(F)(F)c1ccc2nccc(-c3ccccc3)c2c1. The summed E-state index contributed by atoms with van der Waals surface area (Å²) in [7, 11) is -9.71. The molecule has 1 aromatic heterocycles. The van der Waals surface area contributed by atoms with Gasteiger partial charge in [-0.05, 0) is 35.4 Å². The van der Waals surface area contributed by atoms with Crippen molar-refractivity contribution in [3.8, 4) is 11.1 Å². The quantitative estimate of drug-likeness (QED) is 0.485. The Morgan fingerprint density at radius 2 is 1.45 bits per heavy atom. The van der Waals surface area contributed by atoms with Gasteiger partial charge < -0.3 is 0 Å². The first-order valence-electron chi connectivity index (χ1n) is 6.23.